The zero-order chi connectivity index (χ0) is 26.6. The first kappa shape index (κ1) is 27.0. The molecule has 1 heterocycles. The van der Waals surface area contributed by atoms with Gasteiger partial charge in [0, 0.05) is 12.6 Å². The Bertz CT molecular complexity index is 1380. The van der Waals surface area contributed by atoms with Crippen molar-refractivity contribution in [2.75, 3.05) is 6.54 Å². The van der Waals surface area contributed by atoms with E-state index in [1.165, 1.54) is 23.9 Å². The van der Waals surface area contributed by atoms with Gasteiger partial charge in [0.05, 0.1) is 6.20 Å². The van der Waals surface area contributed by atoms with Crippen LogP contribution in [0.3, 0.4) is 0 Å². The van der Waals surface area contributed by atoms with E-state index in [4.69, 9.17) is 4.74 Å². The molecule has 2 N–H and O–H groups in total. The number of unbranched alkanes of at least 4 members (excludes halogenated alkanes) is 1. The molecule has 0 aliphatic heterocycles. The maximum atomic E-state index is 13.2. The smallest absolute Gasteiger partial charge is 0.242 e. The van der Waals surface area contributed by atoms with Crippen LogP contribution < -0.4 is 14.8 Å². The third kappa shape index (κ3) is 8.26. The number of nitrogens with zero attached hydrogens (tertiary/aromatic N) is 1. The number of aromatic nitrogens is 1. The molecule has 0 saturated heterocycles. The number of nitrogens with one attached hydrogen (secondary N) is 2. The van der Waals surface area contributed by atoms with Crippen LogP contribution in [0.5, 0.6) is 11.6 Å². The summed E-state index contributed by atoms with van der Waals surface area (Å²) >= 11 is 0. The van der Waals surface area contributed by atoms with Gasteiger partial charge in [-0.2, -0.15) is 4.72 Å². The second-order valence-corrected chi connectivity index (χ2v) is 10.6. The predicted molar refractivity (Wildman–Crippen MR) is 147 cm³/mol. The number of carbonyl (C=O) groups excluding carboxylic acids is 1. The van der Waals surface area contributed by atoms with Crippen molar-refractivity contribution in [3.05, 3.63) is 120 Å². The molecule has 1 amide bonds. The summed E-state index contributed by atoms with van der Waals surface area (Å²) in [6.07, 6.45) is 4.08. The lowest BCUT2D eigenvalue weighted by molar-refractivity contribution is -0.122. The van der Waals surface area contributed by atoms with Crippen LogP contribution in [-0.2, 0) is 27.7 Å². The van der Waals surface area contributed by atoms with Crippen LogP contribution in [0.4, 0.5) is 0 Å². The molecule has 8 heteroatoms. The van der Waals surface area contributed by atoms with Crippen molar-refractivity contribution in [2.45, 2.75) is 36.6 Å². The summed E-state index contributed by atoms with van der Waals surface area (Å²) in [5.41, 5.74) is 2.10. The Morgan fingerprint density at radius 1 is 0.789 bits per heavy atom. The molecule has 0 unspecified atom stereocenters. The number of ether oxygens (including phenoxy) is 1. The molecule has 1 aromatic heterocycles. The molecule has 0 spiro atoms. The van der Waals surface area contributed by atoms with E-state index in [2.05, 4.69) is 27.2 Å². The molecular weight excluding hydrogens is 498 g/mol. The molecule has 196 valence electrons. The molecule has 4 rings (SSSR count). The summed E-state index contributed by atoms with van der Waals surface area (Å²) < 4.78 is 34.6. The summed E-state index contributed by atoms with van der Waals surface area (Å²) in [5.74, 6) is 0.496. The van der Waals surface area contributed by atoms with E-state index in [1.54, 1.807) is 12.1 Å². The maximum absolute atomic E-state index is 13.2. The van der Waals surface area contributed by atoms with Crippen molar-refractivity contribution in [3.63, 3.8) is 0 Å². The lowest BCUT2D eigenvalue weighted by Gasteiger charge is -2.19. The van der Waals surface area contributed by atoms with Crippen LogP contribution >= 0.6 is 0 Å². The number of sulfonamides is 1. The fraction of sp³-hybridized carbons (Fsp3) is 0.200. The number of pyridine rings is 1. The van der Waals surface area contributed by atoms with E-state index in [0.29, 0.717) is 12.3 Å². The Kier molecular flexibility index (Phi) is 9.61. The standard InChI is InChI=1S/C30H31N3O4S/c34-30(31-21-11-10-14-24-12-4-1-5-13-24)28(22-25-15-6-2-7-16-25)33-38(35,36)27-19-20-29(32-23-27)37-26-17-8-3-9-18-26/h1-9,12-13,15-20,23,28,33H,10-11,14,21-22H2,(H,31,34)/t28-/m0/s1. The molecule has 0 aliphatic carbocycles. The Balaban J connectivity index is 1.38. The summed E-state index contributed by atoms with van der Waals surface area (Å²) in [4.78, 5) is 17.2. The van der Waals surface area contributed by atoms with Gasteiger partial charge in [-0.3, -0.25) is 4.79 Å². The Hall–Kier alpha value is -4.01. The van der Waals surface area contributed by atoms with Crippen molar-refractivity contribution >= 4 is 15.9 Å². The number of hydrogen-bond donors (Lipinski definition) is 2. The highest BCUT2D eigenvalue weighted by molar-refractivity contribution is 7.89. The van der Waals surface area contributed by atoms with Gasteiger partial charge in [-0.25, -0.2) is 13.4 Å². The first-order valence-electron chi connectivity index (χ1n) is 12.6. The van der Waals surface area contributed by atoms with Crippen LogP contribution in [0, 0.1) is 0 Å². The number of para-hydroxylation sites is 1. The molecule has 3 aromatic carbocycles. The third-order valence-corrected chi connectivity index (χ3v) is 7.37. The van der Waals surface area contributed by atoms with Gasteiger partial charge in [-0.05, 0) is 55.0 Å². The van der Waals surface area contributed by atoms with E-state index < -0.39 is 16.1 Å². The second-order valence-electron chi connectivity index (χ2n) is 8.84. The Morgan fingerprint density at radius 2 is 1.42 bits per heavy atom. The molecule has 0 radical (unpaired) electrons. The van der Waals surface area contributed by atoms with Crippen molar-refractivity contribution < 1.29 is 17.9 Å². The number of amides is 1. The zero-order valence-electron chi connectivity index (χ0n) is 21.0. The van der Waals surface area contributed by atoms with Crippen molar-refractivity contribution in [2.24, 2.45) is 0 Å². The first-order valence-corrected chi connectivity index (χ1v) is 14.0. The van der Waals surface area contributed by atoms with Crippen molar-refractivity contribution in [1.29, 1.82) is 0 Å². The van der Waals surface area contributed by atoms with E-state index >= 15 is 0 Å². The number of aryl methyl sites for hydroxylation is 1. The van der Waals surface area contributed by atoms with Crippen LogP contribution in [0.15, 0.2) is 114 Å². The fourth-order valence-electron chi connectivity index (χ4n) is 3.92. The highest BCUT2D eigenvalue weighted by Crippen LogP contribution is 2.20. The average Bonchev–Trinajstić information content (AvgIpc) is 2.94. The fourth-order valence-corrected chi connectivity index (χ4v) is 5.06. The predicted octanol–water partition coefficient (Wildman–Crippen LogP) is 4.90. The largest absolute Gasteiger partial charge is 0.439 e. The summed E-state index contributed by atoms with van der Waals surface area (Å²) in [7, 11) is -4.01. The van der Waals surface area contributed by atoms with Crippen LogP contribution in [0.1, 0.15) is 24.0 Å². The van der Waals surface area contributed by atoms with Crippen molar-refractivity contribution in [1.82, 2.24) is 15.0 Å². The van der Waals surface area contributed by atoms with Gasteiger partial charge in [0.2, 0.25) is 21.8 Å². The van der Waals surface area contributed by atoms with E-state index in [-0.39, 0.29) is 23.1 Å². The highest BCUT2D eigenvalue weighted by Gasteiger charge is 2.26. The van der Waals surface area contributed by atoms with Gasteiger partial charge in [-0.1, -0.05) is 78.9 Å². The molecule has 7 nitrogen and oxygen atoms in total. The lowest BCUT2D eigenvalue weighted by Crippen LogP contribution is -2.48. The summed E-state index contributed by atoms with van der Waals surface area (Å²) in [6, 6.07) is 30.5. The summed E-state index contributed by atoms with van der Waals surface area (Å²) in [6.45, 7) is 0.464. The molecule has 0 saturated carbocycles. The van der Waals surface area contributed by atoms with Gasteiger partial charge < -0.3 is 10.1 Å². The highest BCUT2D eigenvalue weighted by atomic mass is 32.2. The van der Waals surface area contributed by atoms with Crippen molar-refractivity contribution in [3.8, 4) is 11.6 Å². The van der Waals surface area contributed by atoms with Gasteiger partial charge in [-0.15, -0.1) is 0 Å². The normalized spacial score (nSPS) is 12.0. The molecule has 0 fully saturated rings. The average molecular weight is 530 g/mol. The lowest BCUT2D eigenvalue weighted by atomic mass is 10.1. The Labute approximate surface area is 224 Å². The van der Waals surface area contributed by atoms with Crippen LogP contribution in [0.2, 0.25) is 0 Å². The van der Waals surface area contributed by atoms with Gasteiger partial charge >= 0.3 is 0 Å². The molecule has 38 heavy (non-hydrogen) atoms. The minimum Gasteiger partial charge on any atom is -0.439 e. The minimum atomic E-state index is -4.01. The number of benzene rings is 3. The second kappa shape index (κ2) is 13.5. The molecule has 1 atom stereocenters. The van der Waals surface area contributed by atoms with E-state index in [0.717, 1.165) is 24.8 Å². The monoisotopic (exact) mass is 529 g/mol. The van der Waals surface area contributed by atoms with E-state index in [1.807, 2.05) is 66.7 Å². The number of rotatable bonds is 13. The van der Waals surface area contributed by atoms with Crippen LogP contribution in [-0.4, -0.2) is 31.9 Å². The minimum absolute atomic E-state index is 0.0494. The van der Waals surface area contributed by atoms with Gasteiger partial charge in [0.1, 0.15) is 16.7 Å². The Morgan fingerprint density at radius 3 is 2.05 bits per heavy atom. The third-order valence-electron chi connectivity index (χ3n) is 5.92. The molecule has 4 aromatic rings. The van der Waals surface area contributed by atoms with Gasteiger partial charge in [0.25, 0.3) is 0 Å². The maximum Gasteiger partial charge on any atom is 0.242 e. The van der Waals surface area contributed by atoms with E-state index in [9.17, 15) is 13.2 Å². The molecule has 0 aliphatic rings. The van der Waals surface area contributed by atoms with Crippen LogP contribution in [0.25, 0.3) is 0 Å². The zero-order valence-corrected chi connectivity index (χ0v) is 21.8. The molecule has 0 bridgehead atoms. The van der Waals surface area contributed by atoms with Gasteiger partial charge in [0.15, 0.2) is 0 Å². The quantitative estimate of drug-likeness (QED) is 0.240. The SMILES string of the molecule is O=C(NCCCCc1ccccc1)[C@H](Cc1ccccc1)NS(=O)(=O)c1ccc(Oc2ccccc2)nc1. The number of hydrogen-bond acceptors (Lipinski definition) is 5. The first-order chi connectivity index (χ1) is 18.5. The topological polar surface area (TPSA) is 97.4 Å². The number of carbonyl (C=O) groups is 1. The molecular formula is C30H31N3O4S. The summed E-state index contributed by atoms with van der Waals surface area (Å²) in [5, 5.41) is 2.90.